The maximum absolute atomic E-state index is 12.5. The van der Waals surface area contributed by atoms with E-state index in [4.69, 9.17) is 13.9 Å². The average molecular weight is 776 g/mol. The second-order valence-corrected chi connectivity index (χ2v) is 10.6. The molecule has 1 heterocycles. The fourth-order valence-electron chi connectivity index (χ4n) is 3.23. The van der Waals surface area contributed by atoms with E-state index >= 15 is 0 Å². The van der Waals surface area contributed by atoms with Crippen LogP contribution >= 0.6 is 61.1 Å². The van der Waals surface area contributed by atoms with Crippen molar-refractivity contribution in [2.75, 3.05) is 7.11 Å². The number of nitro groups is 1. The number of hydrogen-bond donors (Lipinski definition) is 1. The zero-order chi connectivity index (χ0) is 25.8. The van der Waals surface area contributed by atoms with Crippen LogP contribution in [0.4, 0.5) is 5.69 Å². The van der Waals surface area contributed by atoms with Gasteiger partial charge in [-0.1, -0.05) is 15.9 Å². The molecule has 1 N–H and O–H groups in total. The second-order valence-electron chi connectivity index (χ2n) is 7.36. The van der Waals surface area contributed by atoms with Gasteiger partial charge in [-0.3, -0.25) is 14.9 Å². The third kappa shape index (κ3) is 6.15. The van der Waals surface area contributed by atoms with Crippen LogP contribution in [0.5, 0.6) is 11.5 Å². The van der Waals surface area contributed by atoms with Crippen molar-refractivity contribution >= 4 is 89.9 Å². The molecule has 0 atom stereocenters. The van der Waals surface area contributed by atoms with E-state index in [0.29, 0.717) is 22.6 Å². The molecule has 0 aliphatic carbocycles. The molecule has 12 heteroatoms. The molecule has 0 aliphatic heterocycles. The molecule has 0 fully saturated rings. The topological polar surface area (TPSA) is 116 Å². The zero-order valence-electron chi connectivity index (χ0n) is 18.5. The zero-order valence-corrected chi connectivity index (χ0v) is 24.4. The number of hydrazone groups is 1. The largest absolute Gasteiger partial charge is 0.493 e. The van der Waals surface area contributed by atoms with Crippen molar-refractivity contribution in [1.82, 2.24) is 5.43 Å². The summed E-state index contributed by atoms with van der Waals surface area (Å²) in [7, 11) is 1.52. The number of halogens is 3. The van der Waals surface area contributed by atoms with Crippen molar-refractivity contribution in [2.24, 2.45) is 5.10 Å². The number of carbonyl (C=O) groups excluding carboxylic acids is 1. The van der Waals surface area contributed by atoms with Crippen LogP contribution in [-0.2, 0) is 6.61 Å². The van der Waals surface area contributed by atoms with Crippen LogP contribution in [0.2, 0.25) is 0 Å². The maximum Gasteiger partial charge on any atom is 0.307 e. The Labute approximate surface area is 240 Å². The molecule has 4 aromatic rings. The van der Waals surface area contributed by atoms with E-state index < -0.39 is 10.8 Å². The van der Waals surface area contributed by atoms with Crippen LogP contribution in [0.15, 0.2) is 68.6 Å². The molecule has 0 radical (unpaired) electrons. The van der Waals surface area contributed by atoms with Gasteiger partial charge in [0, 0.05) is 22.0 Å². The summed E-state index contributed by atoms with van der Waals surface area (Å²) >= 11 is 7.70. The molecule has 0 spiro atoms. The Balaban J connectivity index is 1.44. The van der Waals surface area contributed by atoms with Crippen molar-refractivity contribution in [2.45, 2.75) is 6.61 Å². The van der Waals surface area contributed by atoms with Crippen LogP contribution in [0.3, 0.4) is 0 Å². The van der Waals surface area contributed by atoms with E-state index in [2.05, 4.69) is 71.6 Å². The molecule has 0 aliphatic rings. The van der Waals surface area contributed by atoms with Crippen LogP contribution in [0.25, 0.3) is 11.0 Å². The minimum Gasteiger partial charge on any atom is -0.493 e. The van der Waals surface area contributed by atoms with Gasteiger partial charge in [0.15, 0.2) is 17.3 Å². The third-order valence-corrected chi connectivity index (χ3v) is 6.98. The molecule has 3 aromatic carbocycles. The first-order valence-corrected chi connectivity index (χ1v) is 13.2. The highest BCUT2D eigenvalue weighted by molar-refractivity contribution is 14.1. The standard InChI is InChI=1S/C24H16BrI2N3O6/c1-34-20-7-14(6-18(26)23(20)35-12-13-2-4-17(5-3-13)30(32)33)11-28-29-24(31)21-9-15-8-16(25)10-19(27)22(15)36-21/h2-11H,12H2,1H3,(H,29,31)/b28-11-. The second kappa shape index (κ2) is 11.6. The number of ether oxygens (including phenoxy) is 2. The van der Waals surface area contributed by atoms with Crippen molar-refractivity contribution < 1.29 is 23.6 Å². The Hall–Kier alpha value is -2.72. The van der Waals surface area contributed by atoms with E-state index in [-0.39, 0.29) is 18.1 Å². The highest BCUT2D eigenvalue weighted by Gasteiger charge is 2.15. The monoisotopic (exact) mass is 775 g/mol. The van der Waals surface area contributed by atoms with Crippen molar-refractivity contribution in [1.29, 1.82) is 0 Å². The Morgan fingerprint density at radius 3 is 2.61 bits per heavy atom. The van der Waals surface area contributed by atoms with Gasteiger partial charge in [-0.05, 0) is 98.8 Å². The fraction of sp³-hybridized carbons (Fsp3) is 0.0833. The smallest absolute Gasteiger partial charge is 0.307 e. The quantitative estimate of drug-likeness (QED) is 0.0927. The summed E-state index contributed by atoms with van der Waals surface area (Å²) < 4.78 is 19.6. The molecule has 1 amide bonds. The first-order valence-electron chi connectivity index (χ1n) is 10.2. The fourth-order valence-corrected chi connectivity index (χ4v) is 5.67. The van der Waals surface area contributed by atoms with E-state index in [0.717, 1.165) is 22.6 Å². The van der Waals surface area contributed by atoms with Gasteiger partial charge >= 0.3 is 5.91 Å². The van der Waals surface area contributed by atoms with E-state index in [1.165, 1.54) is 25.5 Å². The summed E-state index contributed by atoms with van der Waals surface area (Å²) in [5.74, 6) is 0.689. The number of rotatable bonds is 8. The lowest BCUT2D eigenvalue weighted by molar-refractivity contribution is -0.384. The molecule has 0 bridgehead atoms. The van der Waals surface area contributed by atoms with Crippen molar-refractivity contribution in [3.05, 3.63) is 93.2 Å². The maximum atomic E-state index is 12.5. The molecule has 0 unspecified atom stereocenters. The molecular formula is C24H16BrI2N3O6. The van der Waals surface area contributed by atoms with Gasteiger partial charge in [-0.15, -0.1) is 0 Å². The van der Waals surface area contributed by atoms with Gasteiger partial charge in [-0.25, -0.2) is 5.43 Å². The van der Waals surface area contributed by atoms with E-state index in [9.17, 15) is 14.9 Å². The number of furan rings is 1. The van der Waals surface area contributed by atoms with Crippen LogP contribution in [0.1, 0.15) is 21.7 Å². The molecular weight excluding hydrogens is 760 g/mol. The van der Waals surface area contributed by atoms with Gasteiger partial charge < -0.3 is 13.9 Å². The SMILES string of the molecule is COc1cc(/C=N\NC(=O)c2cc3cc(Br)cc(I)c3o2)cc(I)c1OCc1ccc([N+](=O)[O-])cc1. The van der Waals surface area contributed by atoms with Crippen LogP contribution in [-0.4, -0.2) is 24.2 Å². The first kappa shape index (κ1) is 26.3. The molecule has 9 nitrogen and oxygen atoms in total. The Morgan fingerprint density at radius 2 is 1.92 bits per heavy atom. The number of hydrogen-bond acceptors (Lipinski definition) is 7. The summed E-state index contributed by atoms with van der Waals surface area (Å²) in [5, 5.41) is 15.7. The number of nitrogens with zero attached hydrogens (tertiary/aromatic N) is 2. The molecule has 36 heavy (non-hydrogen) atoms. The predicted molar refractivity (Wildman–Crippen MR) is 155 cm³/mol. The van der Waals surface area contributed by atoms with Gasteiger partial charge in [0.25, 0.3) is 5.69 Å². The number of methoxy groups -OCH3 is 1. The minimum atomic E-state index is -0.473. The van der Waals surface area contributed by atoms with Crippen molar-refractivity contribution in [3.63, 3.8) is 0 Å². The van der Waals surface area contributed by atoms with Crippen LogP contribution in [0, 0.1) is 17.3 Å². The van der Waals surface area contributed by atoms with Crippen molar-refractivity contribution in [3.8, 4) is 11.5 Å². The number of amides is 1. The molecule has 1 aromatic heterocycles. The molecule has 0 saturated heterocycles. The summed E-state index contributed by atoms with van der Waals surface area (Å²) in [6.07, 6.45) is 1.49. The summed E-state index contributed by atoms with van der Waals surface area (Å²) in [5.41, 5.74) is 4.59. The lowest BCUT2D eigenvalue weighted by Gasteiger charge is -2.13. The van der Waals surface area contributed by atoms with Gasteiger partial charge in [-0.2, -0.15) is 5.10 Å². The van der Waals surface area contributed by atoms with E-state index in [1.807, 2.05) is 18.2 Å². The third-order valence-electron chi connectivity index (χ3n) is 4.92. The van der Waals surface area contributed by atoms with Gasteiger partial charge in [0.1, 0.15) is 12.2 Å². The lowest BCUT2D eigenvalue weighted by atomic mass is 10.2. The molecule has 184 valence electrons. The number of benzene rings is 3. The Bertz CT molecular complexity index is 1490. The average Bonchev–Trinajstić information content (AvgIpc) is 3.28. The Morgan fingerprint density at radius 1 is 1.17 bits per heavy atom. The van der Waals surface area contributed by atoms with Gasteiger partial charge in [0.05, 0.1) is 25.4 Å². The van der Waals surface area contributed by atoms with Crippen LogP contribution < -0.4 is 14.9 Å². The highest BCUT2D eigenvalue weighted by atomic mass is 127. The highest BCUT2D eigenvalue weighted by Crippen LogP contribution is 2.34. The Kier molecular flexibility index (Phi) is 8.46. The summed E-state index contributed by atoms with van der Waals surface area (Å²) in [4.78, 5) is 22.9. The molecule has 0 saturated carbocycles. The summed E-state index contributed by atoms with van der Waals surface area (Å²) in [6.45, 7) is 0.209. The van der Waals surface area contributed by atoms with Gasteiger partial charge in [0.2, 0.25) is 0 Å². The minimum absolute atomic E-state index is 0.0183. The normalized spacial score (nSPS) is 11.1. The number of nitrogens with one attached hydrogen (secondary N) is 1. The summed E-state index contributed by atoms with van der Waals surface area (Å²) in [6, 6.07) is 15.1. The number of fused-ring (bicyclic) bond motifs is 1. The predicted octanol–water partition coefficient (Wildman–Crippen LogP) is 6.66. The number of nitro benzene ring substituents is 1. The molecule has 4 rings (SSSR count). The number of carbonyl (C=O) groups is 1. The first-order chi connectivity index (χ1) is 17.2. The van der Waals surface area contributed by atoms with E-state index in [1.54, 1.807) is 24.3 Å². The number of non-ortho nitro benzene ring substituents is 1. The lowest BCUT2D eigenvalue weighted by Crippen LogP contribution is -2.16.